The Labute approximate surface area is 93.1 Å². The van der Waals surface area contributed by atoms with Crippen molar-refractivity contribution in [1.82, 2.24) is 4.98 Å². The van der Waals surface area contributed by atoms with Gasteiger partial charge >= 0.3 is 0 Å². The lowest BCUT2D eigenvalue weighted by Crippen LogP contribution is -2.35. The Morgan fingerprint density at radius 1 is 1.80 bits per heavy atom. The van der Waals surface area contributed by atoms with Crippen molar-refractivity contribution < 1.29 is 4.79 Å². The number of hydrogen-bond acceptors (Lipinski definition) is 3. The van der Waals surface area contributed by atoms with Gasteiger partial charge in [-0.1, -0.05) is 17.7 Å². The van der Waals surface area contributed by atoms with Crippen LogP contribution < -0.4 is 11.1 Å². The van der Waals surface area contributed by atoms with Crippen LogP contribution in [0.3, 0.4) is 0 Å². The molecule has 0 saturated carbocycles. The van der Waals surface area contributed by atoms with Crippen molar-refractivity contribution >= 4 is 23.2 Å². The Balaban J connectivity index is 2.66. The SMILES string of the molecule is C=CCC(N)C(=O)Nc1cnccc1Cl. The van der Waals surface area contributed by atoms with Gasteiger partial charge in [0.15, 0.2) is 0 Å². The second kappa shape index (κ2) is 5.48. The molecule has 1 heterocycles. The van der Waals surface area contributed by atoms with Crippen LogP contribution >= 0.6 is 11.6 Å². The zero-order valence-electron chi connectivity index (χ0n) is 8.11. The first-order chi connectivity index (χ1) is 7.15. The summed E-state index contributed by atoms with van der Waals surface area (Å²) in [6.45, 7) is 3.51. The van der Waals surface area contributed by atoms with Gasteiger partial charge in [0.25, 0.3) is 0 Å². The van der Waals surface area contributed by atoms with E-state index in [1.54, 1.807) is 18.3 Å². The second-order valence-corrected chi connectivity index (χ2v) is 3.38. The van der Waals surface area contributed by atoms with E-state index >= 15 is 0 Å². The minimum Gasteiger partial charge on any atom is -0.322 e. The van der Waals surface area contributed by atoms with Crippen LogP contribution in [0, 0.1) is 0 Å². The van der Waals surface area contributed by atoms with Gasteiger partial charge in [-0.25, -0.2) is 0 Å². The molecule has 0 aromatic carbocycles. The predicted molar refractivity (Wildman–Crippen MR) is 60.7 cm³/mol. The first-order valence-corrected chi connectivity index (χ1v) is 4.79. The monoisotopic (exact) mass is 225 g/mol. The molecule has 0 aliphatic rings. The Hall–Kier alpha value is -1.39. The van der Waals surface area contributed by atoms with Gasteiger partial charge in [0.1, 0.15) is 0 Å². The lowest BCUT2D eigenvalue weighted by atomic mass is 10.2. The summed E-state index contributed by atoms with van der Waals surface area (Å²) in [4.78, 5) is 15.3. The van der Waals surface area contributed by atoms with Crippen LogP contribution in [-0.4, -0.2) is 16.9 Å². The fourth-order valence-electron chi connectivity index (χ4n) is 0.981. The third-order valence-corrected chi connectivity index (χ3v) is 2.11. The smallest absolute Gasteiger partial charge is 0.241 e. The van der Waals surface area contributed by atoms with E-state index in [4.69, 9.17) is 17.3 Å². The lowest BCUT2D eigenvalue weighted by Gasteiger charge is -2.10. The van der Waals surface area contributed by atoms with Crippen molar-refractivity contribution in [1.29, 1.82) is 0 Å². The molecule has 1 rings (SSSR count). The molecule has 1 aromatic heterocycles. The van der Waals surface area contributed by atoms with E-state index < -0.39 is 6.04 Å². The van der Waals surface area contributed by atoms with E-state index in [-0.39, 0.29) is 5.91 Å². The van der Waals surface area contributed by atoms with Crippen molar-refractivity contribution in [2.45, 2.75) is 12.5 Å². The maximum Gasteiger partial charge on any atom is 0.241 e. The molecular weight excluding hydrogens is 214 g/mol. The molecule has 0 radical (unpaired) electrons. The van der Waals surface area contributed by atoms with E-state index in [1.807, 2.05) is 0 Å². The summed E-state index contributed by atoms with van der Waals surface area (Å²) in [6, 6.07) is 0.981. The number of carbonyl (C=O) groups is 1. The molecule has 3 N–H and O–H groups in total. The number of hydrogen-bond donors (Lipinski definition) is 2. The highest BCUT2D eigenvalue weighted by Crippen LogP contribution is 2.19. The summed E-state index contributed by atoms with van der Waals surface area (Å²) in [5.74, 6) is -0.301. The zero-order valence-corrected chi connectivity index (χ0v) is 8.87. The average molecular weight is 226 g/mol. The van der Waals surface area contributed by atoms with Gasteiger partial charge in [-0.05, 0) is 12.5 Å². The molecule has 5 heteroatoms. The number of carbonyl (C=O) groups excluding carboxylic acids is 1. The topological polar surface area (TPSA) is 68.0 Å². The van der Waals surface area contributed by atoms with Crippen molar-refractivity contribution in [3.05, 3.63) is 36.1 Å². The van der Waals surface area contributed by atoms with Crippen molar-refractivity contribution in [3.63, 3.8) is 0 Å². The van der Waals surface area contributed by atoms with Gasteiger partial charge in [0, 0.05) is 6.20 Å². The number of nitrogens with zero attached hydrogens (tertiary/aromatic N) is 1. The highest BCUT2D eigenvalue weighted by atomic mass is 35.5. The van der Waals surface area contributed by atoms with E-state index in [0.717, 1.165) is 0 Å². The number of amides is 1. The molecule has 15 heavy (non-hydrogen) atoms. The number of anilines is 1. The Kier molecular flexibility index (Phi) is 4.27. The van der Waals surface area contributed by atoms with Gasteiger partial charge in [-0.15, -0.1) is 6.58 Å². The largest absolute Gasteiger partial charge is 0.322 e. The highest BCUT2D eigenvalue weighted by Gasteiger charge is 2.12. The molecule has 1 aromatic rings. The molecule has 1 unspecified atom stereocenters. The van der Waals surface area contributed by atoms with Gasteiger partial charge < -0.3 is 11.1 Å². The van der Waals surface area contributed by atoms with Gasteiger partial charge in [0.2, 0.25) is 5.91 Å². The third kappa shape index (κ3) is 3.34. The van der Waals surface area contributed by atoms with Crippen molar-refractivity contribution in [3.8, 4) is 0 Å². The molecule has 4 nitrogen and oxygen atoms in total. The molecule has 1 amide bonds. The number of aromatic nitrogens is 1. The van der Waals surface area contributed by atoms with Crippen molar-refractivity contribution in [2.24, 2.45) is 5.73 Å². The summed E-state index contributed by atoms with van der Waals surface area (Å²) in [5, 5.41) is 3.02. The summed E-state index contributed by atoms with van der Waals surface area (Å²) in [5.41, 5.74) is 6.04. The molecule has 0 aliphatic heterocycles. The maximum absolute atomic E-state index is 11.5. The summed E-state index contributed by atoms with van der Waals surface area (Å²) < 4.78 is 0. The average Bonchev–Trinajstić information content (AvgIpc) is 2.21. The number of nitrogens with one attached hydrogen (secondary N) is 1. The van der Waals surface area contributed by atoms with Gasteiger partial charge in [-0.3, -0.25) is 9.78 Å². The molecule has 0 spiro atoms. The Morgan fingerprint density at radius 2 is 2.53 bits per heavy atom. The number of pyridine rings is 1. The molecule has 0 saturated heterocycles. The fourth-order valence-corrected chi connectivity index (χ4v) is 1.13. The van der Waals surface area contributed by atoms with Crippen LogP contribution in [0.25, 0.3) is 0 Å². The Morgan fingerprint density at radius 3 is 3.13 bits per heavy atom. The first-order valence-electron chi connectivity index (χ1n) is 4.42. The molecule has 0 aliphatic carbocycles. The minimum absolute atomic E-state index is 0.301. The molecule has 80 valence electrons. The third-order valence-electron chi connectivity index (χ3n) is 1.78. The lowest BCUT2D eigenvalue weighted by molar-refractivity contribution is -0.117. The number of halogens is 1. The van der Waals surface area contributed by atoms with E-state index in [9.17, 15) is 4.79 Å². The van der Waals surface area contributed by atoms with Gasteiger partial charge in [0.05, 0.1) is 22.9 Å². The summed E-state index contributed by atoms with van der Waals surface area (Å²) in [7, 11) is 0. The summed E-state index contributed by atoms with van der Waals surface area (Å²) >= 11 is 5.83. The van der Waals surface area contributed by atoms with E-state index in [2.05, 4.69) is 16.9 Å². The molecule has 1 atom stereocenters. The van der Waals surface area contributed by atoms with E-state index in [0.29, 0.717) is 17.1 Å². The highest BCUT2D eigenvalue weighted by molar-refractivity contribution is 6.33. The Bertz CT molecular complexity index is 367. The van der Waals surface area contributed by atoms with E-state index in [1.165, 1.54) is 6.20 Å². The molecule has 0 bridgehead atoms. The molecular formula is C10H12ClN3O. The number of nitrogens with two attached hydrogens (primary N) is 1. The maximum atomic E-state index is 11.5. The van der Waals surface area contributed by atoms with Crippen LogP contribution in [0.1, 0.15) is 6.42 Å². The minimum atomic E-state index is -0.612. The summed E-state index contributed by atoms with van der Waals surface area (Å²) in [6.07, 6.45) is 5.03. The standard InChI is InChI=1S/C10H12ClN3O/c1-2-3-8(12)10(15)14-9-6-13-5-4-7(9)11/h2,4-6,8H,1,3,12H2,(H,14,15). The first kappa shape index (κ1) is 11.7. The second-order valence-electron chi connectivity index (χ2n) is 2.98. The predicted octanol–water partition coefficient (Wildman–Crippen LogP) is 1.58. The zero-order chi connectivity index (χ0) is 11.3. The fraction of sp³-hybridized carbons (Fsp3) is 0.200. The van der Waals surface area contributed by atoms with Crippen molar-refractivity contribution in [2.75, 3.05) is 5.32 Å². The van der Waals surface area contributed by atoms with Crippen LogP contribution in [0.2, 0.25) is 5.02 Å². The van der Waals surface area contributed by atoms with Crippen LogP contribution in [0.15, 0.2) is 31.1 Å². The van der Waals surface area contributed by atoms with Gasteiger partial charge in [-0.2, -0.15) is 0 Å². The quantitative estimate of drug-likeness (QED) is 0.765. The normalized spacial score (nSPS) is 11.9. The van der Waals surface area contributed by atoms with Crippen LogP contribution in [0.5, 0.6) is 0 Å². The number of rotatable bonds is 4. The molecule has 0 fully saturated rings. The van der Waals surface area contributed by atoms with Crippen LogP contribution in [-0.2, 0) is 4.79 Å². The van der Waals surface area contributed by atoms with Crippen LogP contribution in [0.4, 0.5) is 5.69 Å².